The van der Waals surface area contributed by atoms with Crippen molar-refractivity contribution in [1.82, 2.24) is 4.98 Å². The molecule has 1 aromatic rings. The minimum atomic E-state index is 0.145. The smallest absolute Gasteiger partial charge is 0.135 e. The predicted molar refractivity (Wildman–Crippen MR) is 46.6 cm³/mol. The van der Waals surface area contributed by atoms with Gasteiger partial charge in [-0.25, -0.2) is 0 Å². The number of nitrogens with zero attached hydrogens (tertiary/aromatic N) is 1. The van der Waals surface area contributed by atoms with Crippen LogP contribution in [-0.2, 0) is 0 Å². The first kappa shape index (κ1) is 8.09. The Hall–Kier alpha value is -1.01. The maximum atomic E-state index is 8.97. The van der Waals surface area contributed by atoms with Gasteiger partial charge in [0.2, 0.25) is 0 Å². The second kappa shape index (κ2) is 3.99. The highest BCUT2D eigenvalue weighted by Crippen LogP contribution is 2.06. The molecule has 2 nitrogen and oxygen atoms in total. The molecule has 0 aliphatic rings. The predicted octanol–water partition coefficient (Wildman–Crippen LogP) is 1.53. The molecular weight excluding hydrogens is 206 g/mol. The zero-order valence-electron chi connectivity index (χ0n) is 5.71. The fourth-order valence-electron chi connectivity index (χ4n) is 0.632. The molecule has 0 saturated heterocycles. The minimum absolute atomic E-state index is 0.145. The molecule has 11 heavy (non-hydrogen) atoms. The van der Waals surface area contributed by atoms with Crippen molar-refractivity contribution < 1.29 is 5.11 Å². The quantitative estimate of drug-likeness (QED) is 0.522. The van der Waals surface area contributed by atoms with E-state index in [4.69, 9.17) is 5.11 Å². The molecule has 0 aliphatic heterocycles. The molecule has 0 spiro atoms. The van der Waals surface area contributed by atoms with Gasteiger partial charge in [-0.05, 0) is 6.07 Å². The Morgan fingerprint density at radius 3 is 3.00 bits per heavy atom. The van der Waals surface area contributed by atoms with E-state index in [0.717, 1.165) is 5.56 Å². The number of aromatic nitrogens is 1. The van der Waals surface area contributed by atoms with Crippen LogP contribution in [0.1, 0.15) is 5.56 Å². The van der Waals surface area contributed by atoms with Crippen LogP contribution < -0.4 is 0 Å². The monoisotopic (exact) mass is 211 g/mol. The van der Waals surface area contributed by atoms with E-state index >= 15 is 0 Å². The van der Waals surface area contributed by atoms with E-state index in [2.05, 4.69) is 32.8 Å². The molecule has 0 saturated carbocycles. The summed E-state index contributed by atoms with van der Waals surface area (Å²) in [5, 5.41) is 9.60. The summed E-state index contributed by atoms with van der Waals surface area (Å²) in [6.07, 6.45) is 2.98. The van der Waals surface area contributed by atoms with Crippen molar-refractivity contribution in [3.8, 4) is 17.6 Å². The largest absolute Gasteiger partial charge is 0.506 e. The molecule has 1 aromatic heterocycles. The molecule has 56 valence electrons. The van der Waals surface area contributed by atoms with Crippen molar-refractivity contribution >= 4 is 15.9 Å². The van der Waals surface area contributed by atoms with Crippen LogP contribution in [0.3, 0.4) is 0 Å². The fourth-order valence-corrected chi connectivity index (χ4v) is 0.772. The number of hydrogen-bond donors (Lipinski definition) is 1. The number of halogens is 1. The lowest BCUT2D eigenvalue weighted by molar-refractivity contribution is 0.472. The molecule has 3 heteroatoms. The van der Waals surface area contributed by atoms with Crippen molar-refractivity contribution in [2.24, 2.45) is 0 Å². The summed E-state index contributed by atoms with van der Waals surface area (Å²) >= 11 is 3.17. The number of alkyl halides is 1. The van der Waals surface area contributed by atoms with Crippen LogP contribution in [0, 0.1) is 11.8 Å². The van der Waals surface area contributed by atoms with E-state index in [-0.39, 0.29) is 5.75 Å². The van der Waals surface area contributed by atoms with Gasteiger partial charge in [0.25, 0.3) is 0 Å². The Morgan fingerprint density at radius 2 is 2.36 bits per heavy atom. The molecule has 0 aliphatic carbocycles. The van der Waals surface area contributed by atoms with Crippen LogP contribution in [0.25, 0.3) is 0 Å². The molecule has 0 bridgehead atoms. The van der Waals surface area contributed by atoms with Crippen LogP contribution in [0.15, 0.2) is 18.5 Å². The Morgan fingerprint density at radius 1 is 1.55 bits per heavy atom. The van der Waals surface area contributed by atoms with Gasteiger partial charge in [0.1, 0.15) is 5.75 Å². The normalized spacial score (nSPS) is 8.45. The van der Waals surface area contributed by atoms with Gasteiger partial charge in [-0.3, -0.25) is 4.98 Å². The maximum Gasteiger partial charge on any atom is 0.135 e. The number of rotatable bonds is 0. The van der Waals surface area contributed by atoms with Gasteiger partial charge in [0, 0.05) is 11.8 Å². The fraction of sp³-hybridized carbons (Fsp3) is 0.125. The topological polar surface area (TPSA) is 33.1 Å². The maximum absolute atomic E-state index is 8.97. The van der Waals surface area contributed by atoms with Crippen LogP contribution in [-0.4, -0.2) is 15.4 Å². The van der Waals surface area contributed by atoms with Gasteiger partial charge >= 0.3 is 0 Å². The van der Waals surface area contributed by atoms with Crippen LogP contribution in [0.5, 0.6) is 5.75 Å². The van der Waals surface area contributed by atoms with E-state index in [1.54, 1.807) is 12.3 Å². The molecule has 0 unspecified atom stereocenters. The summed E-state index contributed by atoms with van der Waals surface area (Å²) in [6.45, 7) is 0. The highest BCUT2D eigenvalue weighted by Gasteiger charge is 1.88. The summed E-state index contributed by atoms with van der Waals surface area (Å²) in [4.78, 5) is 3.77. The van der Waals surface area contributed by atoms with Gasteiger partial charge in [-0.2, -0.15) is 0 Å². The third-order valence-corrected chi connectivity index (χ3v) is 1.30. The van der Waals surface area contributed by atoms with Crippen molar-refractivity contribution in [2.75, 3.05) is 5.33 Å². The third kappa shape index (κ3) is 2.60. The molecule has 0 radical (unpaired) electrons. The Bertz CT molecular complexity index is 300. The van der Waals surface area contributed by atoms with Crippen molar-refractivity contribution in [3.05, 3.63) is 24.0 Å². The molecule has 0 fully saturated rings. The first-order valence-corrected chi connectivity index (χ1v) is 4.14. The second-order valence-electron chi connectivity index (χ2n) is 1.87. The molecule has 1 heterocycles. The lowest BCUT2D eigenvalue weighted by Gasteiger charge is -1.89. The number of pyridine rings is 1. The highest BCUT2D eigenvalue weighted by molar-refractivity contribution is 9.09. The zero-order valence-corrected chi connectivity index (χ0v) is 7.30. The summed E-state index contributed by atoms with van der Waals surface area (Å²) < 4.78 is 0. The summed E-state index contributed by atoms with van der Waals surface area (Å²) in [6, 6.07) is 1.57. The van der Waals surface area contributed by atoms with Crippen LogP contribution in [0.4, 0.5) is 0 Å². The summed E-state index contributed by atoms with van der Waals surface area (Å²) in [5.41, 5.74) is 0.726. The van der Waals surface area contributed by atoms with Gasteiger partial charge in [-0.1, -0.05) is 27.8 Å². The van der Waals surface area contributed by atoms with E-state index in [0.29, 0.717) is 5.33 Å². The van der Waals surface area contributed by atoms with E-state index in [1.165, 1.54) is 6.20 Å². The van der Waals surface area contributed by atoms with Gasteiger partial charge in [-0.15, -0.1) is 0 Å². The first-order chi connectivity index (χ1) is 5.33. The molecular formula is C8H6BrNO. The summed E-state index contributed by atoms with van der Waals surface area (Å²) in [7, 11) is 0. The Balaban J connectivity index is 2.87. The second-order valence-corrected chi connectivity index (χ2v) is 2.43. The average Bonchev–Trinajstić information content (AvgIpc) is 2.01. The summed E-state index contributed by atoms with van der Waals surface area (Å²) in [5.74, 6) is 5.77. The number of hydrogen-bond acceptors (Lipinski definition) is 2. The van der Waals surface area contributed by atoms with E-state index in [1.807, 2.05) is 0 Å². The van der Waals surface area contributed by atoms with Crippen molar-refractivity contribution in [2.45, 2.75) is 0 Å². The van der Waals surface area contributed by atoms with Crippen molar-refractivity contribution in [3.63, 3.8) is 0 Å². The van der Waals surface area contributed by atoms with Gasteiger partial charge in [0.05, 0.1) is 11.5 Å². The van der Waals surface area contributed by atoms with Crippen LogP contribution in [0.2, 0.25) is 0 Å². The number of aromatic hydroxyl groups is 1. The zero-order chi connectivity index (χ0) is 8.10. The molecule has 0 aromatic carbocycles. The highest BCUT2D eigenvalue weighted by atomic mass is 79.9. The van der Waals surface area contributed by atoms with Gasteiger partial charge in [0.15, 0.2) is 0 Å². The first-order valence-electron chi connectivity index (χ1n) is 3.02. The van der Waals surface area contributed by atoms with E-state index in [9.17, 15) is 0 Å². The average molecular weight is 212 g/mol. The van der Waals surface area contributed by atoms with E-state index < -0.39 is 0 Å². The lowest BCUT2D eigenvalue weighted by atomic mass is 10.3. The Labute approximate surface area is 73.4 Å². The molecule has 1 N–H and O–H groups in total. The van der Waals surface area contributed by atoms with Gasteiger partial charge < -0.3 is 5.11 Å². The van der Waals surface area contributed by atoms with Crippen LogP contribution >= 0.6 is 15.9 Å². The Kier molecular flexibility index (Phi) is 2.94. The molecule has 1 rings (SSSR count). The molecule has 0 amide bonds. The van der Waals surface area contributed by atoms with Crippen molar-refractivity contribution in [1.29, 1.82) is 0 Å². The molecule has 0 atom stereocenters. The SMILES string of the molecule is Oc1cncc(C#CCBr)c1. The third-order valence-electron chi connectivity index (χ3n) is 1.02. The minimum Gasteiger partial charge on any atom is -0.506 e. The standard InChI is InChI=1S/C8H6BrNO/c9-3-1-2-7-4-8(11)6-10-5-7/h4-6,11H,3H2. The lowest BCUT2D eigenvalue weighted by Crippen LogP contribution is -1.76.